The number of anilines is 1. The van der Waals surface area contributed by atoms with Gasteiger partial charge in [-0.2, -0.15) is 23.4 Å². The molecule has 5 rings (SSSR count). The highest BCUT2D eigenvalue weighted by atomic mass is 19.4. The maximum Gasteiger partial charge on any atom is 0.434 e. The minimum atomic E-state index is -4.50. The summed E-state index contributed by atoms with van der Waals surface area (Å²) in [6, 6.07) is 11.1. The van der Waals surface area contributed by atoms with E-state index in [0.29, 0.717) is 37.4 Å². The summed E-state index contributed by atoms with van der Waals surface area (Å²) in [4.78, 5) is 18.4. The van der Waals surface area contributed by atoms with Gasteiger partial charge >= 0.3 is 6.18 Å². The van der Waals surface area contributed by atoms with E-state index in [4.69, 9.17) is 5.10 Å². The molecule has 0 unspecified atom stereocenters. The first-order chi connectivity index (χ1) is 17.2. The van der Waals surface area contributed by atoms with Crippen molar-refractivity contribution in [1.82, 2.24) is 29.1 Å². The Morgan fingerprint density at radius 3 is 2.53 bits per heavy atom. The zero-order chi connectivity index (χ0) is 25.6. The molecule has 0 saturated carbocycles. The average Bonchev–Trinajstić information content (AvgIpc) is 3.58. The first kappa shape index (κ1) is 23.8. The Balaban J connectivity index is 1.41. The fourth-order valence-electron chi connectivity index (χ4n) is 4.44. The molecule has 0 fully saturated rings. The molecule has 36 heavy (non-hydrogen) atoms. The molecule has 0 radical (unpaired) electrons. The lowest BCUT2D eigenvalue weighted by Crippen LogP contribution is -2.36. The Labute approximate surface area is 206 Å². The van der Waals surface area contributed by atoms with Gasteiger partial charge < -0.3 is 4.57 Å². The molecule has 0 aliphatic carbocycles. The second-order valence-electron chi connectivity index (χ2n) is 9.03. The highest BCUT2D eigenvalue weighted by molar-refractivity contribution is 5.94. The van der Waals surface area contributed by atoms with Crippen LogP contribution in [0.1, 0.15) is 44.5 Å². The van der Waals surface area contributed by atoms with Crippen LogP contribution in [0.4, 0.5) is 19.0 Å². The van der Waals surface area contributed by atoms with E-state index in [0.717, 1.165) is 23.1 Å². The third kappa shape index (κ3) is 4.29. The molecule has 4 heterocycles. The quantitative estimate of drug-likeness (QED) is 0.369. The van der Waals surface area contributed by atoms with Crippen molar-refractivity contribution in [3.63, 3.8) is 0 Å². The molecular formula is C25H26F3N7O. The number of halogens is 3. The first-order valence-electron chi connectivity index (χ1n) is 11.8. The lowest BCUT2D eigenvalue weighted by molar-refractivity contribution is -0.140. The standard InChI is InChI=1S/C25H26F3N7O/c1-4-32-15-21(25(26,27)28)30-24(32)18-7-5-17(6-8-18)14-33-22-13-19(31-34(22)12-10-23(33)36)20-9-11-29-35(20)16(2)3/h5-9,11,13,15-16H,4,10,12,14H2,1-3H3. The lowest BCUT2D eigenvalue weighted by Gasteiger charge is -2.27. The summed E-state index contributed by atoms with van der Waals surface area (Å²) in [6.07, 6.45) is -1.40. The summed E-state index contributed by atoms with van der Waals surface area (Å²) in [5, 5.41) is 9.09. The van der Waals surface area contributed by atoms with Crippen LogP contribution < -0.4 is 4.90 Å². The molecule has 1 aliphatic rings. The van der Waals surface area contributed by atoms with Crippen LogP contribution in [0.5, 0.6) is 0 Å². The van der Waals surface area contributed by atoms with Crippen molar-refractivity contribution in [3.8, 4) is 22.8 Å². The van der Waals surface area contributed by atoms with Crippen molar-refractivity contribution in [3.05, 3.63) is 60.0 Å². The van der Waals surface area contributed by atoms with Crippen LogP contribution in [0.2, 0.25) is 0 Å². The number of alkyl halides is 3. The van der Waals surface area contributed by atoms with E-state index < -0.39 is 11.9 Å². The Hall–Kier alpha value is -3.89. The van der Waals surface area contributed by atoms with Gasteiger partial charge in [-0.1, -0.05) is 24.3 Å². The molecule has 1 aromatic carbocycles. The fraction of sp³-hybridized carbons (Fsp3) is 0.360. The summed E-state index contributed by atoms with van der Waals surface area (Å²) < 4.78 is 44.6. The van der Waals surface area contributed by atoms with Crippen LogP contribution in [-0.4, -0.2) is 35.0 Å². The highest BCUT2D eigenvalue weighted by Crippen LogP contribution is 2.32. The number of aryl methyl sites for hydroxylation is 2. The molecule has 8 nitrogen and oxygen atoms in total. The second-order valence-corrected chi connectivity index (χ2v) is 9.03. The molecule has 11 heteroatoms. The maximum atomic E-state index is 13.1. The molecule has 0 spiro atoms. The summed E-state index contributed by atoms with van der Waals surface area (Å²) in [5.74, 6) is 0.958. The van der Waals surface area contributed by atoms with Gasteiger partial charge in [0.15, 0.2) is 5.69 Å². The minimum absolute atomic E-state index is 0.00765. The number of benzene rings is 1. The number of hydrogen-bond donors (Lipinski definition) is 0. The summed E-state index contributed by atoms with van der Waals surface area (Å²) in [5.41, 5.74) is 2.15. The molecular weight excluding hydrogens is 471 g/mol. The third-order valence-corrected chi connectivity index (χ3v) is 6.26. The van der Waals surface area contributed by atoms with Crippen molar-refractivity contribution in [2.24, 2.45) is 0 Å². The zero-order valence-electron chi connectivity index (χ0n) is 20.2. The normalized spacial score (nSPS) is 14.1. The smallest absolute Gasteiger partial charge is 0.331 e. The van der Waals surface area contributed by atoms with Gasteiger partial charge in [0.05, 0.1) is 18.8 Å². The molecule has 0 atom stereocenters. The molecule has 0 saturated heterocycles. The monoisotopic (exact) mass is 497 g/mol. The van der Waals surface area contributed by atoms with Gasteiger partial charge in [-0.25, -0.2) is 9.67 Å². The number of imidazole rings is 1. The van der Waals surface area contributed by atoms with Crippen molar-refractivity contribution < 1.29 is 18.0 Å². The minimum Gasteiger partial charge on any atom is -0.331 e. The Kier molecular flexibility index (Phi) is 5.93. The van der Waals surface area contributed by atoms with Crippen molar-refractivity contribution >= 4 is 11.7 Å². The zero-order valence-corrected chi connectivity index (χ0v) is 20.2. The fourth-order valence-corrected chi connectivity index (χ4v) is 4.44. The molecule has 188 valence electrons. The summed E-state index contributed by atoms with van der Waals surface area (Å²) in [6.45, 7) is 7.05. The Morgan fingerprint density at radius 2 is 1.86 bits per heavy atom. The molecule has 0 N–H and O–H groups in total. The molecule has 1 aliphatic heterocycles. The van der Waals surface area contributed by atoms with Gasteiger partial charge in [0.2, 0.25) is 5.91 Å². The van der Waals surface area contributed by atoms with Gasteiger partial charge in [0.25, 0.3) is 0 Å². The molecule has 3 aromatic heterocycles. The van der Waals surface area contributed by atoms with Gasteiger partial charge in [-0.05, 0) is 32.4 Å². The topological polar surface area (TPSA) is 73.8 Å². The number of nitrogens with zero attached hydrogens (tertiary/aromatic N) is 7. The van der Waals surface area contributed by atoms with Crippen molar-refractivity contribution in [2.75, 3.05) is 4.90 Å². The Morgan fingerprint density at radius 1 is 1.11 bits per heavy atom. The van der Waals surface area contributed by atoms with Crippen LogP contribution in [0, 0.1) is 0 Å². The van der Waals surface area contributed by atoms with Crippen molar-refractivity contribution in [1.29, 1.82) is 0 Å². The van der Waals surface area contributed by atoms with Crippen LogP contribution in [-0.2, 0) is 30.6 Å². The summed E-state index contributed by atoms with van der Waals surface area (Å²) >= 11 is 0. The predicted octanol–water partition coefficient (Wildman–Crippen LogP) is 5.17. The Bertz CT molecular complexity index is 1400. The summed E-state index contributed by atoms with van der Waals surface area (Å²) in [7, 11) is 0. The van der Waals surface area contributed by atoms with Gasteiger partial charge in [-0.15, -0.1) is 0 Å². The molecule has 1 amide bonds. The number of aromatic nitrogens is 6. The van der Waals surface area contributed by atoms with E-state index in [1.807, 2.05) is 47.5 Å². The van der Waals surface area contributed by atoms with Gasteiger partial charge in [-0.3, -0.25) is 14.4 Å². The number of carbonyl (C=O) groups excluding carboxylic acids is 1. The van der Waals surface area contributed by atoms with Crippen LogP contribution in [0.25, 0.3) is 22.8 Å². The largest absolute Gasteiger partial charge is 0.434 e. The highest BCUT2D eigenvalue weighted by Gasteiger charge is 2.35. The average molecular weight is 498 g/mol. The van der Waals surface area contributed by atoms with Crippen LogP contribution >= 0.6 is 0 Å². The third-order valence-electron chi connectivity index (χ3n) is 6.26. The van der Waals surface area contributed by atoms with E-state index in [2.05, 4.69) is 10.1 Å². The van der Waals surface area contributed by atoms with Crippen molar-refractivity contribution in [2.45, 2.75) is 59.0 Å². The lowest BCUT2D eigenvalue weighted by atomic mass is 10.1. The molecule has 4 aromatic rings. The van der Waals surface area contributed by atoms with E-state index in [1.165, 1.54) is 4.57 Å². The number of rotatable bonds is 6. The van der Waals surface area contributed by atoms with E-state index in [1.54, 1.807) is 30.2 Å². The molecule has 0 bridgehead atoms. The SMILES string of the molecule is CCn1cc(C(F)(F)F)nc1-c1ccc(CN2C(=O)CCn3nc(-c4ccnn4C(C)C)cc32)cc1. The number of amides is 1. The van der Waals surface area contributed by atoms with Gasteiger partial charge in [0, 0.05) is 43.0 Å². The van der Waals surface area contributed by atoms with Crippen LogP contribution in [0.15, 0.2) is 48.8 Å². The number of carbonyl (C=O) groups is 1. The predicted molar refractivity (Wildman–Crippen MR) is 128 cm³/mol. The second kappa shape index (κ2) is 8.96. The maximum absolute atomic E-state index is 13.1. The van der Waals surface area contributed by atoms with E-state index >= 15 is 0 Å². The number of fused-ring (bicyclic) bond motifs is 1. The number of hydrogen-bond acceptors (Lipinski definition) is 4. The first-order valence-corrected chi connectivity index (χ1v) is 11.8. The van der Waals surface area contributed by atoms with E-state index in [9.17, 15) is 18.0 Å². The van der Waals surface area contributed by atoms with Gasteiger partial charge in [0.1, 0.15) is 17.3 Å². The van der Waals surface area contributed by atoms with E-state index in [-0.39, 0.29) is 17.8 Å². The van der Waals surface area contributed by atoms with Crippen LogP contribution in [0.3, 0.4) is 0 Å².